The molecule has 0 bridgehead atoms. The third kappa shape index (κ3) is 3.92. The van der Waals surface area contributed by atoms with Gasteiger partial charge in [-0.3, -0.25) is 4.79 Å². The number of anilines is 2. The fraction of sp³-hybridized carbons (Fsp3) is 0.350. The van der Waals surface area contributed by atoms with Gasteiger partial charge in [-0.15, -0.1) is 0 Å². The largest absolute Gasteiger partial charge is 0.493 e. The third-order valence-electron chi connectivity index (χ3n) is 4.60. The van der Waals surface area contributed by atoms with E-state index in [0.29, 0.717) is 17.2 Å². The summed E-state index contributed by atoms with van der Waals surface area (Å²) in [5, 5.41) is 2.64. The first-order valence-corrected chi connectivity index (χ1v) is 8.73. The number of rotatable bonds is 6. The van der Waals surface area contributed by atoms with Crippen molar-refractivity contribution >= 4 is 17.3 Å². The minimum atomic E-state index is -0.487. The first kappa shape index (κ1) is 18.8. The third-order valence-corrected chi connectivity index (χ3v) is 4.60. The topological polar surface area (TPSA) is 60.0 Å². The summed E-state index contributed by atoms with van der Waals surface area (Å²) < 4.78 is 30.0. The maximum atomic E-state index is 14.2. The number of benzene rings is 2. The molecule has 1 fully saturated rings. The highest BCUT2D eigenvalue weighted by molar-refractivity contribution is 6.05. The Hall–Kier alpha value is -2.96. The van der Waals surface area contributed by atoms with Crippen LogP contribution in [0.15, 0.2) is 30.3 Å². The number of hydrogen-bond acceptors (Lipinski definition) is 5. The number of halogens is 1. The van der Waals surface area contributed by atoms with E-state index in [2.05, 4.69) is 10.2 Å². The van der Waals surface area contributed by atoms with Crippen molar-refractivity contribution in [2.45, 2.75) is 12.8 Å². The van der Waals surface area contributed by atoms with Gasteiger partial charge in [-0.25, -0.2) is 4.39 Å². The van der Waals surface area contributed by atoms with E-state index in [1.807, 2.05) is 0 Å². The summed E-state index contributed by atoms with van der Waals surface area (Å²) in [6.45, 7) is 1.87. The van der Waals surface area contributed by atoms with Gasteiger partial charge in [0.2, 0.25) is 5.75 Å². The molecule has 3 rings (SSSR count). The molecular formula is C20H23FN2O4. The summed E-state index contributed by atoms with van der Waals surface area (Å²) in [4.78, 5) is 14.9. The van der Waals surface area contributed by atoms with Crippen molar-refractivity contribution < 1.29 is 23.4 Å². The number of carbonyl (C=O) groups excluding carboxylic acids is 1. The Morgan fingerprint density at radius 2 is 1.63 bits per heavy atom. The first-order chi connectivity index (χ1) is 13.1. The van der Waals surface area contributed by atoms with Crippen LogP contribution in [0.4, 0.5) is 15.8 Å². The minimum absolute atomic E-state index is 0.137. The van der Waals surface area contributed by atoms with Gasteiger partial charge >= 0.3 is 0 Å². The minimum Gasteiger partial charge on any atom is -0.493 e. The van der Waals surface area contributed by atoms with E-state index in [-0.39, 0.29) is 11.3 Å². The maximum Gasteiger partial charge on any atom is 0.256 e. The van der Waals surface area contributed by atoms with Gasteiger partial charge in [-0.05, 0) is 43.2 Å². The van der Waals surface area contributed by atoms with Gasteiger partial charge in [-0.1, -0.05) is 0 Å². The highest BCUT2D eigenvalue weighted by atomic mass is 19.1. The van der Waals surface area contributed by atoms with Gasteiger partial charge in [0, 0.05) is 24.3 Å². The Labute approximate surface area is 157 Å². The Morgan fingerprint density at radius 3 is 2.19 bits per heavy atom. The Morgan fingerprint density at radius 1 is 1.00 bits per heavy atom. The van der Waals surface area contributed by atoms with E-state index in [1.54, 1.807) is 12.1 Å². The van der Waals surface area contributed by atoms with Crippen LogP contribution in [0.25, 0.3) is 0 Å². The summed E-state index contributed by atoms with van der Waals surface area (Å²) in [5.74, 6) is 0.144. The molecule has 6 nitrogen and oxygen atoms in total. The molecule has 1 heterocycles. The molecule has 0 saturated carbocycles. The van der Waals surface area contributed by atoms with Gasteiger partial charge in [0.05, 0.1) is 27.0 Å². The van der Waals surface area contributed by atoms with E-state index in [9.17, 15) is 9.18 Å². The SMILES string of the molecule is COc1cc(C(=O)Nc2cc(N3CCCC3)ccc2F)cc(OC)c1OC. The molecule has 1 aliphatic heterocycles. The van der Waals surface area contributed by atoms with Crippen molar-refractivity contribution in [2.24, 2.45) is 0 Å². The standard InChI is InChI=1S/C20H23FN2O4/c1-25-17-10-13(11-18(26-2)19(17)27-3)20(24)22-16-12-14(6-7-15(16)21)23-8-4-5-9-23/h6-7,10-12H,4-5,8-9H2,1-3H3,(H,22,24). The molecule has 1 amide bonds. The van der Waals surface area contributed by atoms with Crippen LogP contribution in [-0.4, -0.2) is 40.3 Å². The Bertz CT molecular complexity index is 810. The zero-order valence-electron chi connectivity index (χ0n) is 15.7. The van der Waals surface area contributed by atoms with Crippen LogP contribution in [0.1, 0.15) is 23.2 Å². The summed E-state index contributed by atoms with van der Waals surface area (Å²) >= 11 is 0. The molecule has 2 aromatic rings. The lowest BCUT2D eigenvalue weighted by Crippen LogP contribution is -2.19. The molecule has 0 aliphatic carbocycles. The predicted molar refractivity (Wildman–Crippen MR) is 102 cm³/mol. The van der Waals surface area contributed by atoms with Crippen molar-refractivity contribution in [3.8, 4) is 17.2 Å². The van der Waals surface area contributed by atoms with Crippen molar-refractivity contribution in [3.05, 3.63) is 41.7 Å². The second-order valence-electron chi connectivity index (χ2n) is 6.23. The van der Waals surface area contributed by atoms with Crippen LogP contribution in [-0.2, 0) is 0 Å². The van der Waals surface area contributed by atoms with Gasteiger partial charge in [-0.2, -0.15) is 0 Å². The maximum absolute atomic E-state index is 14.2. The van der Waals surface area contributed by atoms with Crippen LogP contribution in [0.2, 0.25) is 0 Å². The number of amides is 1. The summed E-state index contributed by atoms with van der Waals surface area (Å²) in [5.41, 5.74) is 1.31. The molecule has 7 heteroatoms. The second kappa shape index (κ2) is 8.16. The van der Waals surface area contributed by atoms with Crippen LogP contribution in [0.5, 0.6) is 17.2 Å². The molecule has 0 atom stereocenters. The van der Waals surface area contributed by atoms with Gasteiger partial charge in [0.25, 0.3) is 5.91 Å². The highest BCUT2D eigenvalue weighted by Gasteiger charge is 2.19. The lowest BCUT2D eigenvalue weighted by Gasteiger charge is -2.19. The lowest BCUT2D eigenvalue weighted by atomic mass is 10.1. The van der Waals surface area contributed by atoms with Crippen molar-refractivity contribution in [1.82, 2.24) is 0 Å². The van der Waals surface area contributed by atoms with Gasteiger partial charge in [0.15, 0.2) is 11.5 Å². The number of ether oxygens (including phenoxy) is 3. The molecule has 1 saturated heterocycles. The molecule has 0 spiro atoms. The van der Waals surface area contributed by atoms with Crippen LogP contribution >= 0.6 is 0 Å². The summed E-state index contributed by atoms with van der Waals surface area (Å²) in [6.07, 6.45) is 2.23. The fourth-order valence-electron chi connectivity index (χ4n) is 3.19. The van der Waals surface area contributed by atoms with Crippen molar-refractivity contribution in [1.29, 1.82) is 0 Å². The van der Waals surface area contributed by atoms with E-state index in [4.69, 9.17) is 14.2 Å². The van der Waals surface area contributed by atoms with E-state index < -0.39 is 11.7 Å². The monoisotopic (exact) mass is 374 g/mol. The van der Waals surface area contributed by atoms with Gasteiger partial charge < -0.3 is 24.4 Å². The summed E-state index contributed by atoms with van der Waals surface area (Å²) in [7, 11) is 4.43. The normalized spacial score (nSPS) is 13.4. The van der Waals surface area contributed by atoms with E-state index >= 15 is 0 Å². The van der Waals surface area contributed by atoms with Crippen molar-refractivity contribution in [3.63, 3.8) is 0 Å². The van der Waals surface area contributed by atoms with Crippen LogP contribution in [0, 0.1) is 5.82 Å². The molecule has 1 aliphatic rings. The number of nitrogens with zero attached hydrogens (tertiary/aromatic N) is 1. The molecular weight excluding hydrogens is 351 g/mol. The zero-order valence-corrected chi connectivity index (χ0v) is 15.7. The lowest BCUT2D eigenvalue weighted by molar-refractivity contribution is 0.102. The van der Waals surface area contributed by atoms with Crippen LogP contribution < -0.4 is 24.4 Å². The second-order valence-corrected chi connectivity index (χ2v) is 6.23. The molecule has 0 aromatic heterocycles. The first-order valence-electron chi connectivity index (χ1n) is 8.73. The number of nitrogens with one attached hydrogen (secondary N) is 1. The average Bonchev–Trinajstić information content (AvgIpc) is 3.23. The predicted octanol–water partition coefficient (Wildman–Crippen LogP) is 3.70. The highest BCUT2D eigenvalue weighted by Crippen LogP contribution is 2.38. The number of methoxy groups -OCH3 is 3. The van der Waals surface area contributed by atoms with Crippen LogP contribution in [0.3, 0.4) is 0 Å². The number of carbonyl (C=O) groups is 1. The molecule has 27 heavy (non-hydrogen) atoms. The molecule has 0 unspecified atom stereocenters. The van der Waals surface area contributed by atoms with Crippen molar-refractivity contribution in [2.75, 3.05) is 44.6 Å². The summed E-state index contributed by atoms with van der Waals surface area (Å²) in [6, 6.07) is 7.82. The molecule has 144 valence electrons. The Kier molecular flexibility index (Phi) is 5.69. The molecule has 2 aromatic carbocycles. The van der Waals surface area contributed by atoms with E-state index in [0.717, 1.165) is 31.6 Å². The average molecular weight is 374 g/mol. The molecule has 1 N–H and O–H groups in total. The van der Waals surface area contributed by atoms with Gasteiger partial charge in [0.1, 0.15) is 5.82 Å². The molecule has 0 radical (unpaired) electrons. The van der Waals surface area contributed by atoms with E-state index in [1.165, 1.54) is 39.5 Å². The zero-order chi connectivity index (χ0) is 19.4. The smallest absolute Gasteiger partial charge is 0.256 e. The number of hydrogen-bond donors (Lipinski definition) is 1. The quantitative estimate of drug-likeness (QED) is 0.835. The fourth-order valence-corrected chi connectivity index (χ4v) is 3.19. The Balaban J connectivity index is 1.88.